The first-order valence-corrected chi connectivity index (χ1v) is 7.88. The lowest BCUT2D eigenvalue weighted by Crippen LogP contribution is -2.38. The minimum Gasteiger partial charge on any atom is -0.497 e. The van der Waals surface area contributed by atoms with Crippen molar-refractivity contribution < 1.29 is 19.1 Å². The summed E-state index contributed by atoms with van der Waals surface area (Å²) in [6.45, 7) is 3.48. The van der Waals surface area contributed by atoms with E-state index in [1.807, 2.05) is 13.0 Å². The van der Waals surface area contributed by atoms with E-state index in [-0.39, 0.29) is 18.2 Å². The van der Waals surface area contributed by atoms with Gasteiger partial charge in [0.15, 0.2) is 5.76 Å². The predicted molar refractivity (Wildman–Crippen MR) is 92.6 cm³/mol. The molecule has 3 rings (SSSR count). The first kappa shape index (κ1) is 17.0. The molecular formula is C18H21N3O4. The molecular weight excluding hydrogens is 322 g/mol. The fourth-order valence-corrected chi connectivity index (χ4v) is 2.68. The summed E-state index contributed by atoms with van der Waals surface area (Å²) in [5.74, 6) is 0.546. The molecule has 2 aromatic heterocycles. The zero-order chi connectivity index (χ0) is 18.2. The molecule has 0 bridgehead atoms. The summed E-state index contributed by atoms with van der Waals surface area (Å²) < 4.78 is 12.5. The van der Waals surface area contributed by atoms with Gasteiger partial charge in [-0.15, -0.1) is 0 Å². The highest BCUT2D eigenvalue weighted by Gasteiger charge is 2.27. The van der Waals surface area contributed by atoms with Crippen molar-refractivity contribution >= 4 is 16.9 Å². The van der Waals surface area contributed by atoms with Gasteiger partial charge in [-0.1, -0.05) is 0 Å². The van der Waals surface area contributed by atoms with Crippen molar-refractivity contribution in [2.75, 3.05) is 13.7 Å². The number of ether oxygens (including phenoxy) is 1. The molecule has 1 atom stereocenters. The number of aromatic nitrogens is 2. The van der Waals surface area contributed by atoms with Gasteiger partial charge < -0.3 is 19.6 Å². The molecule has 2 heterocycles. The summed E-state index contributed by atoms with van der Waals surface area (Å²) in [6.07, 6.45) is 3.29. The molecule has 7 heteroatoms. The largest absolute Gasteiger partial charge is 0.497 e. The van der Waals surface area contributed by atoms with Crippen LogP contribution >= 0.6 is 0 Å². The molecule has 132 valence electrons. The van der Waals surface area contributed by atoms with E-state index in [9.17, 15) is 9.90 Å². The molecule has 0 aliphatic carbocycles. The molecule has 0 saturated heterocycles. The molecule has 1 unspecified atom stereocenters. The number of hydrogen-bond donors (Lipinski definition) is 2. The van der Waals surface area contributed by atoms with Crippen molar-refractivity contribution in [3.8, 4) is 5.75 Å². The van der Waals surface area contributed by atoms with Gasteiger partial charge in [0, 0.05) is 29.8 Å². The molecule has 3 aromatic rings. The third-order valence-corrected chi connectivity index (χ3v) is 4.27. The van der Waals surface area contributed by atoms with Crippen LogP contribution in [0.1, 0.15) is 28.6 Å². The lowest BCUT2D eigenvalue weighted by Gasteiger charge is -2.22. The van der Waals surface area contributed by atoms with Crippen molar-refractivity contribution in [1.82, 2.24) is 15.1 Å². The second kappa shape index (κ2) is 6.25. The van der Waals surface area contributed by atoms with E-state index in [4.69, 9.17) is 9.15 Å². The van der Waals surface area contributed by atoms with Crippen LogP contribution in [0.15, 0.2) is 35.0 Å². The summed E-state index contributed by atoms with van der Waals surface area (Å²) in [5.41, 5.74) is 0.740. The molecule has 0 fully saturated rings. The van der Waals surface area contributed by atoms with Crippen LogP contribution in [0.2, 0.25) is 0 Å². The Labute approximate surface area is 145 Å². The van der Waals surface area contributed by atoms with Crippen LogP contribution in [-0.2, 0) is 12.6 Å². The van der Waals surface area contributed by atoms with Gasteiger partial charge in [0.05, 0.1) is 19.9 Å². The highest BCUT2D eigenvalue weighted by atomic mass is 16.5. The summed E-state index contributed by atoms with van der Waals surface area (Å²) >= 11 is 0. The standard InChI is InChI=1S/C18H21N3O4/c1-11-14-7-13(24-4)5-6-15(14)25-16(11)17(22)19-10-18(2,23)12-8-20-21(3)9-12/h5-9,23H,10H2,1-4H3,(H,19,22). The molecule has 0 aliphatic rings. The summed E-state index contributed by atoms with van der Waals surface area (Å²) in [4.78, 5) is 12.5. The first-order chi connectivity index (χ1) is 11.8. The Hall–Kier alpha value is -2.80. The van der Waals surface area contributed by atoms with Crippen LogP contribution in [0.4, 0.5) is 0 Å². The van der Waals surface area contributed by atoms with Gasteiger partial charge in [0.25, 0.3) is 5.91 Å². The number of aliphatic hydroxyl groups is 1. The number of hydrogen-bond acceptors (Lipinski definition) is 5. The van der Waals surface area contributed by atoms with Crippen molar-refractivity contribution in [1.29, 1.82) is 0 Å². The first-order valence-electron chi connectivity index (χ1n) is 7.88. The molecule has 0 aliphatic heterocycles. The fourth-order valence-electron chi connectivity index (χ4n) is 2.68. The summed E-state index contributed by atoms with van der Waals surface area (Å²) in [5, 5.41) is 18.1. The van der Waals surface area contributed by atoms with Crippen LogP contribution in [-0.4, -0.2) is 34.4 Å². The Bertz CT molecular complexity index is 924. The van der Waals surface area contributed by atoms with Gasteiger partial charge >= 0.3 is 0 Å². The quantitative estimate of drug-likeness (QED) is 0.741. The van der Waals surface area contributed by atoms with Gasteiger partial charge in [-0.25, -0.2) is 0 Å². The number of nitrogens with zero attached hydrogens (tertiary/aromatic N) is 2. The number of benzene rings is 1. The number of methoxy groups -OCH3 is 1. The molecule has 25 heavy (non-hydrogen) atoms. The Balaban J connectivity index is 1.79. The van der Waals surface area contributed by atoms with Crippen LogP contribution in [0.5, 0.6) is 5.75 Å². The summed E-state index contributed by atoms with van der Waals surface area (Å²) in [6, 6.07) is 5.38. The average molecular weight is 343 g/mol. The number of aryl methyl sites for hydroxylation is 2. The molecule has 1 aromatic carbocycles. The minimum absolute atomic E-state index is 0.0390. The van der Waals surface area contributed by atoms with E-state index in [2.05, 4.69) is 10.4 Å². The van der Waals surface area contributed by atoms with Crippen molar-refractivity contribution in [3.63, 3.8) is 0 Å². The second-order valence-electron chi connectivity index (χ2n) is 6.28. The highest BCUT2D eigenvalue weighted by Crippen LogP contribution is 2.29. The van der Waals surface area contributed by atoms with Crippen molar-refractivity contribution in [3.05, 3.63) is 47.5 Å². The van der Waals surface area contributed by atoms with Crippen LogP contribution < -0.4 is 10.1 Å². The normalized spacial score (nSPS) is 13.6. The number of amides is 1. The zero-order valence-corrected chi connectivity index (χ0v) is 14.7. The lowest BCUT2D eigenvalue weighted by molar-refractivity contribution is 0.0518. The Morgan fingerprint density at radius 2 is 2.24 bits per heavy atom. The topological polar surface area (TPSA) is 89.5 Å². The number of rotatable bonds is 5. The van der Waals surface area contributed by atoms with Crippen LogP contribution in [0.25, 0.3) is 11.0 Å². The Morgan fingerprint density at radius 3 is 2.88 bits per heavy atom. The van der Waals surface area contributed by atoms with Gasteiger partial charge in [0.2, 0.25) is 0 Å². The second-order valence-corrected chi connectivity index (χ2v) is 6.28. The van der Waals surface area contributed by atoms with E-state index < -0.39 is 5.60 Å². The SMILES string of the molecule is COc1ccc2oc(C(=O)NCC(C)(O)c3cnn(C)c3)c(C)c2c1. The van der Waals surface area contributed by atoms with Gasteiger partial charge in [-0.05, 0) is 32.0 Å². The van der Waals surface area contributed by atoms with E-state index in [1.165, 1.54) is 0 Å². The maximum absolute atomic E-state index is 12.5. The molecule has 2 N–H and O–H groups in total. The summed E-state index contributed by atoms with van der Waals surface area (Å²) in [7, 11) is 3.36. The molecule has 0 saturated carbocycles. The predicted octanol–water partition coefficient (Wildman–Crippen LogP) is 2.12. The van der Waals surface area contributed by atoms with Crippen molar-refractivity contribution in [2.45, 2.75) is 19.4 Å². The minimum atomic E-state index is -1.23. The van der Waals surface area contributed by atoms with E-state index in [1.54, 1.807) is 50.3 Å². The third-order valence-electron chi connectivity index (χ3n) is 4.27. The van der Waals surface area contributed by atoms with Gasteiger partial charge in [-0.2, -0.15) is 5.10 Å². The maximum Gasteiger partial charge on any atom is 0.287 e. The van der Waals surface area contributed by atoms with Crippen LogP contribution in [0, 0.1) is 6.92 Å². The van der Waals surface area contributed by atoms with Gasteiger partial charge in [-0.3, -0.25) is 9.48 Å². The Morgan fingerprint density at radius 1 is 1.48 bits per heavy atom. The smallest absolute Gasteiger partial charge is 0.287 e. The number of furan rings is 1. The number of nitrogens with one attached hydrogen (secondary N) is 1. The Kier molecular flexibility index (Phi) is 4.26. The molecule has 0 radical (unpaired) electrons. The molecule has 7 nitrogen and oxygen atoms in total. The average Bonchev–Trinajstić information content (AvgIpc) is 3.17. The monoisotopic (exact) mass is 343 g/mol. The van der Waals surface area contributed by atoms with E-state index in [0.29, 0.717) is 16.9 Å². The maximum atomic E-state index is 12.5. The molecule has 0 spiro atoms. The van der Waals surface area contributed by atoms with E-state index in [0.717, 1.165) is 10.9 Å². The van der Waals surface area contributed by atoms with Crippen molar-refractivity contribution in [2.24, 2.45) is 7.05 Å². The lowest BCUT2D eigenvalue weighted by atomic mass is 9.99. The fraction of sp³-hybridized carbons (Fsp3) is 0.333. The number of fused-ring (bicyclic) bond motifs is 1. The third kappa shape index (κ3) is 3.23. The van der Waals surface area contributed by atoms with E-state index >= 15 is 0 Å². The van der Waals surface area contributed by atoms with Gasteiger partial charge in [0.1, 0.15) is 16.9 Å². The zero-order valence-electron chi connectivity index (χ0n) is 14.7. The van der Waals surface area contributed by atoms with Crippen LogP contribution in [0.3, 0.4) is 0 Å². The number of carbonyl (C=O) groups excluding carboxylic acids is 1. The molecule has 1 amide bonds. The highest BCUT2D eigenvalue weighted by molar-refractivity contribution is 5.99. The number of carbonyl (C=O) groups is 1.